The number of piperidine rings is 1. The molecule has 11 nitrogen and oxygen atoms in total. The summed E-state index contributed by atoms with van der Waals surface area (Å²) >= 11 is 0. The molecule has 186 valence electrons. The third-order valence-electron chi connectivity index (χ3n) is 6.09. The molecule has 0 spiro atoms. The number of hydrogen-bond acceptors (Lipinski definition) is 8. The number of ether oxygens (including phenoxy) is 1. The van der Waals surface area contributed by atoms with E-state index >= 15 is 0 Å². The first-order valence-corrected chi connectivity index (χ1v) is 11.4. The molecule has 1 N–H and O–H groups in total. The second-order valence-electron chi connectivity index (χ2n) is 8.77. The van der Waals surface area contributed by atoms with Crippen LogP contribution in [0, 0.1) is 5.92 Å². The summed E-state index contributed by atoms with van der Waals surface area (Å²) in [5.41, 5.74) is 0.629. The van der Waals surface area contributed by atoms with E-state index in [4.69, 9.17) is 4.74 Å². The Labute approximate surface area is 206 Å². The molecule has 0 aliphatic carbocycles. The van der Waals surface area contributed by atoms with Crippen molar-refractivity contribution in [2.45, 2.75) is 38.8 Å². The molecule has 2 aliphatic heterocycles. The fourth-order valence-corrected chi connectivity index (χ4v) is 4.12. The van der Waals surface area contributed by atoms with Crippen LogP contribution < -0.4 is 5.32 Å². The summed E-state index contributed by atoms with van der Waals surface area (Å²) in [6, 6.07) is 7.09. The van der Waals surface area contributed by atoms with E-state index in [2.05, 4.69) is 10.3 Å². The van der Waals surface area contributed by atoms with Crippen LogP contribution in [0.15, 0.2) is 48.8 Å². The molecule has 5 amide bonds. The highest BCUT2D eigenvalue weighted by Crippen LogP contribution is 2.29. The second-order valence-corrected chi connectivity index (χ2v) is 8.77. The molecule has 2 aromatic rings. The lowest BCUT2D eigenvalue weighted by atomic mass is 10.0. The number of nitrogens with one attached hydrogen (secondary N) is 1. The van der Waals surface area contributed by atoms with E-state index in [0.717, 1.165) is 9.80 Å². The topological polar surface area (TPSA) is 143 Å². The summed E-state index contributed by atoms with van der Waals surface area (Å²) in [6.45, 7) is 2.69. The lowest BCUT2D eigenvalue weighted by Gasteiger charge is -2.34. The fraction of sp³-hybridized carbons (Fsp3) is 0.320. The van der Waals surface area contributed by atoms with E-state index in [0.29, 0.717) is 0 Å². The Balaban J connectivity index is 1.44. The minimum atomic E-state index is -1.19. The van der Waals surface area contributed by atoms with Gasteiger partial charge in [0.05, 0.1) is 16.7 Å². The van der Waals surface area contributed by atoms with Gasteiger partial charge < -0.3 is 10.1 Å². The molecule has 2 aliphatic rings. The fourth-order valence-electron chi connectivity index (χ4n) is 4.12. The predicted molar refractivity (Wildman–Crippen MR) is 123 cm³/mol. The molecule has 0 bridgehead atoms. The molecular formula is C25H24N4O7. The minimum Gasteiger partial charge on any atom is -0.442 e. The highest BCUT2D eigenvalue weighted by atomic mass is 16.5. The van der Waals surface area contributed by atoms with Gasteiger partial charge in [0, 0.05) is 18.8 Å². The lowest BCUT2D eigenvalue weighted by molar-refractivity contribution is -0.165. The number of esters is 1. The molecule has 2 atom stereocenters. The Kier molecular flexibility index (Phi) is 6.91. The largest absolute Gasteiger partial charge is 0.442 e. The SMILES string of the molecule is CC(C)C(NC(=O)c1cccnc1)C(=O)OCN1C(=O)CC[C@H](N2C(=O)c3ccccc3C2=O)C1=O. The first-order chi connectivity index (χ1) is 17.2. The smallest absolute Gasteiger partial charge is 0.330 e. The van der Waals surface area contributed by atoms with Crippen LogP contribution in [0.25, 0.3) is 0 Å². The molecule has 0 saturated carbocycles. The van der Waals surface area contributed by atoms with Gasteiger partial charge in [-0.3, -0.25) is 33.9 Å². The molecular weight excluding hydrogens is 468 g/mol. The van der Waals surface area contributed by atoms with Crippen molar-refractivity contribution in [2.24, 2.45) is 5.92 Å². The van der Waals surface area contributed by atoms with Crippen molar-refractivity contribution in [1.29, 1.82) is 0 Å². The van der Waals surface area contributed by atoms with E-state index in [9.17, 15) is 28.8 Å². The Hall–Kier alpha value is -4.41. The highest BCUT2D eigenvalue weighted by Gasteiger charge is 2.47. The van der Waals surface area contributed by atoms with Crippen LogP contribution >= 0.6 is 0 Å². The molecule has 1 unspecified atom stereocenters. The molecule has 1 aromatic heterocycles. The van der Waals surface area contributed by atoms with Gasteiger partial charge in [-0.05, 0) is 36.6 Å². The van der Waals surface area contributed by atoms with Crippen molar-refractivity contribution in [2.75, 3.05) is 6.73 Å². The molecule has 4 rings (SSSR count). The van der Waals surface area contributed by atoms with Gasteiger partial charge in [0.1, 0.15) is 12.1 Å². The summed E-state index contributed by atoms with van der Waals surface area (Å²) in [5, 5.41) is 2.58. The molecule has 0 radical (unpaired) electrons. The number of imide groups is 2. The number of benzene rings is 1. The van der Waals surface area contributed by atoms with Crippen LogP contribution in [-0.2, 0) is 19.1 Å². The van der Waals surface area contributed by atoms with Gasteiger partial charge in [0.2, 0.25) is 5.91 Å². The summed E-state index contributed by atoms with van der Waals surface area (Å²) in [5.74, 6) is -4.37. The summed E-state index contributed by atoms with van der Waals surface area (Å²) < 4.78 is 5.24. The van der Waals surface area contributed by atoms with E-state index in [1.165, 1.54) is 30.6 Å². The molecule has 1 aromatic carbocycles. The van der Waals surface area contributed by atoms with Crippen LogP contribution in [-0.4, -0.2) is 69.1 Å². The average molecular weight is 492 g/mol. The van der Waals surface area contributed by atoms with Gasteiger partial charge in [-0.15, -0.1) is 0 Å². The van der Waals surface area contributed by atoms with Crippen molar-refractivity contribution < 1.29 is 33.5 Å². The minimum absolute atomic E-state index is 0.0244. The number of nitrogens with zero attached hydrogens (tertiary/aromatic N) is 3. The van der Waals surface area contributed by atoms with Crippen LogP contribution in [0.3, 0.4) is 0 Å². The van der Waals surface area contributed by atoms with E-state index in [-0.39, 0.29) is 35.4 Å². The Bertz CT molecular complexity index is 1210. The molecule has 1 fully saturated rings. The number of carbonyl (C=O) groups is 6. The maximum absolute atomic E-state index is 13.1. The lowest BCUT2D eigenvalue weighted by Crippen LogP contribution is -2.57. The third-order valence-corrected chi connectivity index (χ3v) is 6.09. The summed E-state index contributed by atoms with van der Waals surface area (Å²) in [6.07, 6.45) is 2.71. The zero-order valence-electron chi connectivity index (χ0n) is 19.7. The second kappa shape index (κ2) is 10.1. The molecule has 3 heterocycles. The van der Waals surface area contributed by atoms with E-state index < -0.39 is 54.3 Å². The number of rotatable bonds is 7. The Morgan fingerprint density at radius 1 is 1.06 bits per heavy atom. The van der Waals surface area contributed by atoms with Gasteiger partial charge in [0.15, 0.2) is 6.73 Å². The van der Waals surface area contributed by atoms with Gasteiger partial charge in [-0.25, -0.2) is 9.69 Å². The van der Waals surface area contributed by atoms with E-state index in [1.54, 1.807) is 32.0 Å². The van der Waals surface area contributed by atoms with Crippen molar-refractivity contribution >= 4 is 35.5 Å². The number of carbonyl (C=O) groups excluding carboxylic acids is 6. The Morgan fingerprint density at radius 2 is 1.72 bits per heavy atom. The van der Waals surface area contributed by atoms with Crippen molar-refractivity contribution in [3.63, 3.8) is 0 Å². The van der Waals surface area contributed by atoms with Gasteiger partial charge in [-0.2, -0.15) is 0 Å². The Morgan fingerprint density at radius 3 is 2.31 bits per heavy atom. The average Bonchev–Trinajstić information content (AvgIpc) is 3.12. The number of amides is 5. The monoisotopic (exact) mass is 492 g/mol. The molecule has 11 heteroatoms. The zero-order chi connectivity index (χ0) is 26.0. The van der Waals surface area contributed by atoms with Crippen LogP contribution in [0.5, 0.6) is 0 Å². The van der Waals surface area contributed by atoms with Crippen LogP contribution in [0.2, 0.25) is 0 Å². The first kappa shape index (κ1) is 24.7. The molecule has 1 saturated heterocycles. The first-order valence-electron chi connectivity index (χ1n) is 11.4. The summed E-state index contributed by atoms with van der Waals surface area (Å²) in [4.78, 5) is 81.9. The normalized spacial score (nSPS) is 18.4. The summed E-state index contributed by atoms with van der Waals surface area (Å²) in [7, 11) is 0. The number of likely N-dealkylation sites (tertiary alicyclic amines) is 1. The highest BCUT2D eigenvalue weighted by molar-refractivity contribution is 6.23. The van der Waals surface area contributed by atoms with Crippen molar-refractivity contribution in [1.82, 2.24) is 20.1 Å². The quantitative estimate of drug-likeness (QED) is 0.448. The predicted octanol–water partition coefficient (Wildman–Crippen LogP) is 1.15. The number of aromatic nitrogens is 1. The number of pyridine rings is 1. The maximum atomic E-state index is 13.1. The van der Waals surface area contributed by atoms with Gasteiger partial charge >= 0.3 is 5.97 Å². The maximum Gasteiger partial charge on any atom is 0.330 e. The van der Waals surface area contributed by atoms with Crippen LogP contribution in [0.4, 0.5) is 0 Å². The van der Waals surface area contributed by atoms with Crippen LogP contribution in [0.1, 0.15) is 57.8 Å². The van der Waals surface area contributed by atoms with Gasteiger partial charge in [-0.1, -0.05) is 26.0 Å². The third kappa shape index (κ3) is 4.59. The number of hydrogen-bond donors (Lipinski definition) is 1. The van der Waals surface area contributed by atoms with Crippen molar-refractivity contribution in [3.8, 4) is 0 Å². The van der Waals surface area contributed by atoms with E-state index in [1.807, 2.05) is 0 Å². The molecule has 36 heavy (non-hydrogen) atoms. The standard InChI is InChI=1S/C25H24N4O7/c1-14(2)20(27-21(31)15-6-5-11-26-12-15)25(35)36-13-28-19(30)10-9-18(24(28)34)29-22(32)16-7-3-4-8-17(16)23(29)33/h3-8,11-12,14,18,20H,9-10,13H2,1-2H3,(H,27,31)/t18-,20?/m0/s1. The van der Waals surface area contributed by atoms with Crippen molar-refractivity contribution in [3.05, 3.63) is 65.5 Å². The van der Waals surface area contributed by atoms with Gasteiger partial charge in [0.25, 0.3) is 23.6 Å². The number of fused-ring (bicyclic) bond motifs is 1. The zero-order valence-corrected chi connectivity index (χ0v) is 19.7.